The van der Waals surface area contributed by atoms with Gasteiger partial charge in [0, 0.05) is 39.2 Å². The summed E-state index contributed by atoms with van der Waals surface area (Å²) in [5.41, 5.74) is 8.79. The maximum absolute atomic E-state index is 6.40. The summed E-state index contributed by atoms with van der Waals surface area (Å²) in [5.74, 6) is 1.86. The molecule has 0 fully saturated rings. The fraction of sp³-hybridized carbons (Fsp3) is 0. The van der Waals surface area contributed by atoms with Crippen LogP contribution in [0.5, 0.6) is 0 Å². The van der Waals surface area contributed by atoms with Crippen LogP contribution in [-0.2, 0) is 0 Å². The number of rotatable bonds is 5. The Bertz CT molecular complexity index is 2930. The van der Waals surface area contributed by atoms with Gasteiger partial charge in [-0.2, -0.15) is 0 Å². The third-order valence-electron chi connectivity index (χ3n) is 9.64. The van der Waals surface area contributed by atoms with Crippen molar-refractivity contribution in [2.45, 2.75) is 0 Å². The molecule has 0 saturated heterocycles. The van der Waals surface area contributed by atoms with Crippen LogP contribution in [0, 0.1) is 0 Å². The number of hydrogen-bond acceptors (Lipinski definition) is 5. The van der Waals surface area contributed by atoms with Gasteiger partial charge in [-0.1, -0.05) is 146 Å². The van der Waals surface area contributed by atoms with Crippen molar-refractivity contribution < 1.29 is 4.42 Å². The average molecular weight is 653 g/mol. The second-order valence-corrected chi connectivity index (χ2v) is 12.6. The maximum atomic E-state index is 6.40. The Hall–Kier alpha value is -6.98. The highest BCUT2D eigenvalue weighted by atomic mass is 16.3. The first-order valence-corrected chi connectivity index (χ1v) is 17.0. The molecule has 0 aliphatic heterocycles. The van der Waals surface area contributed by atoms with E-state index in [9.17, 15) is 0 Å². The molecule has 0 bridgehead atoms. The van der Waals surface area contributed by atoms with Crippen LogP contribution in [0.2, 0.25) is 0 Å². The standard InChI is InChI=1S/C46H28N4O/c1-2-12-30(13-3-1)44-48-45(32-16-6-15-31(27-32)34-18-7-14-29-11-4-5-17-33(29)34)50-46(49-44)41-24-9-19-35-36(20-8-21-37(35)41)39-22-10-23-40-38-25-26-47-28-42(38)51-43(39)40/h1-28H. The van der Waals surface area contributed by atoms with Gasteiger partial charge in [-0.15, -0.1) is 0 Å². The number of para-hydroxylation sites is 1. The van der Waals surface area contributed by atoms with Crippen LogP contribution in [0.15, 0.2) is 175 Å². The van der Waals surface area contributed by atoms with Gasteiger partial charge >= 0.3 is 0 Å². The van der Waals surface area contributed by atoms with Crippen molar-refractivity contribution in [2.75, 3.05) is 0 Å². The van der Waals surface area contributed by atoms with Gasteiger partial charge in [-0.3, -0.25) is 4.98 Å². The van der Waals surface area contributed by atoms with Crippen LogP contribution in [0.25, 0.3) is 99.9 Å². The SMILES string of the molecule is c1ccc(-c2nc(-c3cccc(-c4cccc5ccccc45)c3)nc(-c3cccc4c(-c5cccc6c5oc5cnccc56)cccc34)n2)cc1. The van der Waals surface area contributed by atoms with E-state index in [2.05, 4.69) is 126 Å². The van der Waals surface area contributed by atoms with E-state index in [1.54, 1.807) is 12.4 Å². The molecule has 0 radical (unpaired) electrons. The van der Waals surface area contributed by atoms with Crippen molar-refractivity contribution in [1.29, 1.82) is 0 Å². The third-order valence-corrected chi connectivity index (χ3v) is 9.64. The van der Waals surface area contributed by atoms with Gasteiger partial charge in [0.1, 0.15) is 5.58 Å². The van der Waals surface area contributed by atoms with E-state index in [0.717, 1.165) is 66.1 Å². The van der Waals surface area contributed by atoms with Gasteiger partial charge in [0.2, 0.25) is 0 Å². The minimum absolute atomic E-state index is 0.616. The highest BCUT2D eigenvalue weighted by Crippen LogP contribution is 2.40. The first-order chi connectivity index (χ1) is 25.3. The molecule has 0 spiro atoms. The number of aromatic nitrogens is 4. The predicted molar refractivity (Wildman–Crippen MR) is 207 cm³/mol. The molecule has 0 aliphatic carbocycles. The monoisotopic (exact) mass is 652 g/mol. The minimum atomic E-state index is 0.616. The Morgan fingerprint density at radius 1 is 0.373 bits per heavy atom. The van der Waals surface area contributed by atoms with Gasteiger partial charge < -0.3 is 4.42 Å². The topological polar surface area (TPSA) is 64.7 Å². The number of hydrogen-bond donors (Lipinski definition) is 0. The maximum Gasteiger partial charge on any atom is 0.164 e. The van der Waals surface area contributed by atoms with Crippen molar-refractivity contribution in [1.82, 2.24) is 19.9 Å². The minimum Gasteiger partial charge on any atom is -0.454 e. The molecule has 0 atom stereocenters. The summed E-state index contributed by atoms with van der Waals surface area (Å²) in [5, 5.41) is 6.67. The zero-order valence-corrected chi connectivity index (χ0v) is 27.4. The summed E-state index contributed by atoms with van der Waals surface area (Å²) < 4.78 is 6.40. The molecule has 0 unspecified atom stereocenters. The average Bonchev–Trinajstić information content (AvgIpc) is 3.59. The molecule has 0 amide bonds. The normalized spacial score (nSPS) is 11.5. The van der Waals surface area contributed by atoms with Crippen LogP contribution in [0.3, 0.4) is 0 Å². The largest absolute Gasteiger partial charge is 0.454 e. The highest BCUT2D eigenvalue weighted by Gasteiger charge is 2.18. The number of furan rings is 1. The zero-order valence-electron chi connectivity index (χ0n) is 27.4. The molecule has 238 valence electrons. The van der Waals surface area contributed by atoms with Crippen LogP contribution in [0.4, 0.5) is 0 Å². The first-order valence-electron chi connectivity index (χ1n) is 17.0. The molecular formula is C46H28N4O. The predicted octanol–water partition coefficient (Wildman–Crippen LogP) is 11.8. The van der Waals surface area contributed by atoms with Crippen molar-refractivity contribution in [3.05, 3.63) is 170 Å². The summed E-state index contributed by atoms with van der Waals surface area (Å²) in [6, 6.07) is 54.6. The summed E-state index contributed by atoms with van der Waals surface area (Å²) in [7, 11) is 0. The zero-order chi connectivity index (χ0) is 33.7. The Kier molecular flexibility index (Phi) is 6.74. The molecule has 0 saturated carbocycles. The fourth-order valence-electron chi connectivity index (χ4n) is 7.25. The van der Waals surface area contributed by atoms with E-state index in [1.807, 2.05) is 36.4 Å². The van der Waals surface area contributed by atoms with Crippen molar-refractivity contribution in [2.24, 2.45) is 0 Å². The van der Waals surface area contributed by atoms with Gasteiger partial charge in [-0.25, -0.2) is 15.0 Å². The summed E-state index contributed by atoms with van der Waals surface area (Å²) in [4.78, 5) is 19.6. The molecule has 10 aromatic rings. The molecule has 5 nitrogen and oxygen atoms in total. The molecule has 51 heavy (non-hydrogen) atoms. The first kappa shape index (κ1) is 29.0. The quantitative estimate of drug-likeness (QED) is 0.185. The lowest BCUT2D eigenvalue weighted by atomic mass is 9.94. The lowest BCUT2D eigenvalue weighted by Crippen LogP contribution is -2.00. The Balaban J connectivity index is 1.16. The lowest BCUT2D eigenvalue weighted by Gasteiger charge is -2.13. The van der Waals surface area contributed by atoms with E-state index in [0.29, 0.717) is 17.5 Å². The van der Waals surface area contributed by atoms with Gasteiger partial charge in [0.05, 0.1) is 6.20 Å². The summed E-state index contributed by atoms with van der Waals surface area (Å²) in [6.07, 6.45) is 3.58. The van der Waals surface area contributed by atoms with Crippen molar-refractivity contribution >= 4 is 43.5 Å². The molecule has 0 aliphatic rings. The second-order valence-electron chi connectivity index (χ2n) is 12.6. The van der Waals surface area contributed by atoms with Gasteiger partial charge in [0.15, 0.2) is 23.1 Å². The summed E-state index contributed by atoms with van der Waals surface area (Å²) >= 11 is 0. The fourth-order valence-corrected chi connectivity index (χ4v) is 7.25. The van der Waals surface area contributed by atoms with Gasteiger partial charge in [-0.05, 0) is 50.4 Å². The Labute approximate surface area is 293 Å². The van der Waals surface area contributed by atoms with E-state index in [4.69, 9.17) is 19.4 Å². The molecule has 7 aromatic carbocycles. The molecule has 10 rings (SSSR count). The van der Waals surface area contributed by atoms with Crippen LogP contribution >= 0.6 is 0 Å². The number of nitrogens with zero attached hydrogens (tertiary/aromatic N) is 4. The number of benzene rings is 7. The highest BCUT2D eigenvalue weighted by molar-refractivity contribution is 6.13. The third kappa shape index (κ3) is 4.94. The molecule has 3 aromatic heterocycles. The number of pyridine rings is 1. The van der Waals surface area contributed by atoms with E-state index < -0.39 is 0 Å². The molecule has 3 heterocycles. The second kappa shape index (κ2) is 11.9. The van der Waals surface area contributed by atoms with Crippen LogP contribution in [0.1, 0.15) is 0 Å². The molecule has 5 heteroatoms. The van der Waals surface area contributed by atoms with E-state index >= 15 is 0 Å². The van der Waals surface area contributed by atoms with Crippen LogP contribution in [-0.4, -0.2) is 19.9 Å². The van der Waals surface area contributed by atoms with Crippen LogP contribution < -0.4 is 0 Å². The van der Waals surface area contributed by atoms with Crippen molar-refractivity contribution in [3.63, 3.8) is 0 Å². The molecule has 0 N–H and O–H groups in total. The number of fused-ring (bicyclic) bond motifs is 5. The van der Waals surface area contributed by atoms with Gasteiger partial charge in [0.25, 0.3) is 0 Å². The lowest BCUT2D eigenvalue weighted by molar-refractivity contribution is 0.668. The smallest absolute Gasteiger partial charge is 0.164 e. The Morgan fingerprint density at radius 2 is 0.961 bits per heavy atom. The van der Waals surface area contributed by atoms with E-state index in [1.165, 1.54) is 16.3 Å². The summed E-state index contributed by atoms with van der Waals surface area (Å²) in [6.45, 7) is 0. The Morgan fingerprint density at radius 3 is 1.84 bits per heavy atom. The molecular weight excluding hydrogens is 625 g/mol. The van der Waals surface area contributed by atoms with E-state index in [-0.39, 0.29) is 0 Å². The van der Waals surface area contributed by atoms with Crippen molar-refractivity contribution in [3.8, 4) is 56.4 Å².